The van der Waals surface area contributed by atoms with E-state index in [9.17, 15) is 19.5 Å². The van der Waals surface area contributed by atoms with Gasteiger partial charge in [0.2, 0.25) is 0 Å². The zero-order valence-electron chi connectivity index (χ0n) is 23.1. The lowest BCUT2D eigenvalue weighted by atomic mass is 9.73. The van der Waals surface area contributed by atoms with Gasteiger partial charge in [0, 0.05) is 0 Å². The third kappa shape index (κ3) is 8.45. The van der Waals surface area contributed by atoms with Crippen molar-refractivity contribution in [3.63, 3.8) is 0 Å². The van der Waals surface area contributed by atoms with Gasteiger partial charge in [-0.05, 0) is 80.4 Å². The molecule has 1 fully saturated rings. The van der Waals surface area contributed by atoms with E-state index in [1.54, 1.807) is 6.92 Å². The molecule has 38 heavy (non-hydrogen) atoms. The normalized spacial score (nSPS) is 22.6. The molecule has 0 radical (unpaired) electrons. The predicted molar refractivity (Wildman–Crippen MR) is 142 cm³/mol. The monoisotopic (exact) mass is 532 g/mol. The standard InChI is InChI=1S/C30H44O8/c1-4-6-7-10-22(31)12-13-23-24-16-20-9-8-11-26(37-19-30(34)35-3)25(20)17-21(24)18-27(23)38-29(33)15-14-28(32)36-5-2/h8-9,11,21-24,27,31H,4-7,10,12-19H2,1-3H3/t21-,22+,23+,24-,27+/m0/s1. The zero-order valence-corrected chi connectivity index (χ0v) is 23.1. The van der Waals surface area contributed by atoms with Crippen LogP contribution < -0.4 is 4.74 Å². The molecule has 0 saturated heterocycles. The molecule has 0 amide bonds. The molecule has 0 spiro atoms. The second-order valence-electron chi connectivity index (χ2n) is 10.6. The van der Waals surface area contributed by atoms with Crippen molar-refractivity contribution < 1.29 is 38.4 Å². The van der Waals surface area contributed by atoms with Crippen LogP contribution in [0.5, 0.6) is 5.75 Å². The van der Waals surface area contributed by atoms with Gasteiger partial charge in [-0.15, -0.1) is 0 Å². The molecule has 1 saturated carbocycles. The number of hydrogen-bond acceptors (Lipinski definition) is 8. The van der Waals surface area contributed by atoms with Gasteiger partial charge in [-0.1, -0.05) is 38.3 Å². The van der Waals surface area contributed by atoms with Crippen molar-refractivity contribution in [2.24, 2.45) is 17.8 Å². The van der Waals surface area contributed by atoms with Gasteiger partial charge in [0.05, 0.1) is 32.7 Å². The van der Waals surface area contributed by atoms with Gasteiger partial charge >= 0.3 is 17.9 Å². The number of esters is 3. The highest BCUT2D eigenvalue weighted by Gasteiger charge is 2.47. The van der Waals surface area contributed by atoms with Crippen LogP contribution in [-0.2, 0) is 41.4 Å². The Morgan fingerprint density at radius 2 is 1.82 bits per heavy atom. The molecule has 0 bridgehead atoms. The van der Waals surface area contributed by atoms with Crippen molar-refractivity contribution in [2.75, 3.05) is 20.3 Å². The van der Waals surface area contributed by atoms with Gasteiger partial charge in [0.25, 0.3) is 0 Å². The van der Waals surface area contributed by atoms with Crippen LogP contribution in [0.2, 0.25) is 0 Å². The third-order valence-electron chi connectivity index (χ3n) is 7.99. The van der Waals surface area contributed by atoms with Crippen LogP contribution in [0.25, 0.3) is 0 Å². The van der Waals surface area contributed by atoms with Crippen LogP contribution >= 0.6 is 0 Å². The Labute approximate surface area is 226 Å². The maximum Gasteiger partial charge on any atom is 0.343 e. The quantitative estimate of drug-likeness (QED) is 0.199. The maximum atomic E-state index is 12.7. The SMILES string of the molecule is CCCCC[C@@H](O)CC[C@@H]1[C@H]2Cc3cccc(OCC(=O)OC)c3C[C@H]2C[C@H]1OC(=O)CCC(=O)OCC. The molecular weight excluding hydrogens is 488 g/mol. The van der Waals surface area contributed by atoms with Crippen molar-refractivity contribution in [3.05, 3.63) is 29.3 Å². The van der Waals surface area contributed by atoms with Crippen molar-refractivity contribution >= 4 is 17.9 Å². The molecule has 0 unspecified atom stereocenters. The fourth-order valence-electron chi connectivity index (χ4n) is 6.07. The number of methoxy groups -OCH3 is 1. The van der Waals surface area contributed by atoms with E-state index in [4.69, 9.17) is 18.9 Å². The number of carbonyl (C=O) groups is 3. The summed E-state index contributed by atoms with van der Waals surface area (Å²) in [7, 11) is 1.34. The summed E-state index contributed by atoms with van der Waals surface area (Å²) >= 11 is 0. The Balaban J connectivity index is 1.70. The van der Waals surface area contributed by atoms with Crippen molar-refractivity contribution in [2.45, 2.75) is 96.7 Å². The van der Waals surface area contributed by atoms with Crippen LogP contribution in [0.15, 0.2) is 18.2 Å². The topological polar surface area (TPSA) is 108 Å². The lowest BCUT2D eigenvalue weighted by Gasteiger charge is -2.32. The summed E-state index contributed by atoms with van der Waals surface area (Å²) in [4.78, 5) is 36.0. The van der Waals surface area contributed by atoms with Crippen molar-refractivity contribution in [1.29, 1.82) is 0 Å². The smallest absolute Gasteiger partial charge is 0.343 e. The summed E-state index contributed by atoms with van der Waals surface area (Å²) in [5.41, 5.74) is 2.29. The second kappa shape index (κ2) is 15.1. The first-order valence-corrected chi connectivity index (χ1v) is 14.2. The van der Waals surface area contributed by atoms with Gasteiger partial charge < -0.3 is 24.1 Å². The minimum Gasteiger partial charge on any atom is -0.482 e. The fraction of sp³-hybridized carbons (Fsp3) is 0.700. The van der Waals surface area contributed by atoms with E-state index >= 15 is 0 Å². The highest BCUT2D eigenvalue weighted by atomic mass is 16.6. The maximum absolute atomic E-state index is 12.7. The Bertz CT molecular complexity index is 929. The molecule has 3 rings (SSSR count). The van der Waals surface area contributed by atoms with Crippen LogP contribution in [0, 0.1) is 17.8 Å². The van der Waals surface area contributed by atoms with Gasteiger partial charge in [-0.3, -0.25) is 9.59 Å². The number of hydrogen-bond donors (Lipinski definition) is 1. The van der Waals surface area contributed by atoms with Gasteiger partial charge in [0.1, 0.15) is 11.9 Å². The lowest BCUT2D eigenvalue weighted by Crippen LogP contribution is -2.30. The highest BCUT2D eigenvalue weighted by Crippen LogP contribution is 2.49. The number of unbranched alkanes of at least 4 members (excludes halogenated alkanes) is 2. The minimum atomic E-state index is -0.426. The molecule has 8 nitrogen and oxygen atoms in total. The van der Waals surface area contributed by atoms with Crippen molar-refractivity contribution in [1.82, 2.24) is 0 Å². The molecule has 8 heteroatoms. The van der Waals surface area contributed by atoms with Crippen LogP contribution in [-0.4, -0.2) is 55.5 Å². The van der Waals surface area contributed by atoms with Crippen LogP contribution in [0.4, 0.5) is 0 Å². The summed E-state index contributed by atoms with van der Waals surface area (Å²) in [5.74, 6) is 0.259. The second-order valence-corrected chi connectivity index (χ2v) is 10.6. The van der Waals surface area contributed by atoms with Gasteiger partial charge in [-0.25, -0.2) is 4.79 Å². The van der Waals surface area contributed by atoms with E-state index in [0.717, 1.165) is 56.9 Å². The molecule has 1 aromatic rings. The Morgan fingerprint density at radius 1 is 1.03 bits per heavy atom. The van der Waals surface area contributed by atoms with E-state index < -0.39 is 11.9 Å². The Hall–Kier alpha value is -2.61. The third-order valence-corrected chi connectivity index (χ3v) is 7.99. The first-order chi connectivity index (χ1) is 18.4. The van der Waals surface area contributed by atoms with E-state index in [1.165, 1.54) is 12.7 Å². The largest absolute Gasteiger partial charge is 0.482 e. The number of rotatable bonds is 15. The summed E-state index contributed by atoms with van der Waals surface area (Å²) in [5, 5.41) is 10.6. The predicted octanol–water partition coefficient (Wildman–Crippen LogP) is 4.57. The minimum absolute atomic E-state index is 0.00275. The molecule has 0 heterocycles. The average molecular weight is 533 g/mol. The molecule has 2 aliphatic carbocycles. The molecule has 1 N–H and O–H groups in total. The molecule has 0 aliphatic heterocycles. The summed E-state index contributed by atoms with van der Waals surface area (Å²) < 4.78 is 21.4. The van der Waals surface area contributed by atoms with Gasteiger partial charge in [-0.2, -0.15) is 0 Å². The van der Waals surface area contributed by atoms with E-state index in [1.807, 2.05) is 12.1 Å². The first kappa shape index (κ1) is 29.9. The molecular formula is C30H44O8. The number of aliphatic hydroxyl groups is 1. The zero-order chi connectivity index (χ0) is 27.5. The Morgan fingerprint density at radius 3 is 2.55 bits per heavy atom. The molecule has 212 valence electrons. The average Bonchev–Trinajstić information content (AvgIpc) is 3.23. The summed E-state index contributed by atoms with van der Waals surface area (Å²) in [6.07, 6.45) is 7.28. The molecule has 2 aliphatic rings. The van der Waals surface area contributed by atoms with Gasteiger partial charge in [0.15, 0.2) is 6.61 Å². The van der Waals surface area contributed by atoms with Crippen molar-refractivity contribution in [3.8, 4) is 5.75 Å². The summed E-state index contributed by atoms with van der Waals surface area (Å²) in [6, 6.07) is 5.93. The first-order valence-electron chi connectivity index (χ1n) is 14.2. The number of carbonyl (C=O) groups excluding carboxylic acids is 3. The molecule has 1 aromatic carbocycles. The lowest BCUT2D eigenvalue weighted by molar-refractivity contribution is -0.155. The van der Waals surface area contributed by atoms with E-state index in [-0.39, 0.29) is 50.2 Å². The Kier molecular flexibility index (Phi) is 11.9. The summed E-state index contributed by atoms with van der Waals surface area (Å²) in [6.45, 7) is 4.04. The van der Waals surface area contributed by atoms with Crippen LogP contribution in [0.3, 0.4) is 0 Å². The number of fused-ring (bicyclic) bond motifs is 2. The number of aliphatic hydroxyl groups excluding tert-OH is 1. The highest BCUT2D eigenvalue weighted by molar-refractivity contribution is 5.77. The van der Waals surface area contributed by atoms with Crippen LogP contribution in [0.1, 0.15) is 82.8 Å². The fourth-order valence-corrected chi connectivity index (χ4v) is 6.07. The van der Waals surface area contributed by atoms with E-state index in [2.05, 4.69) is 13.0 Å². The molecule has 5 atom stereocenters. The molecule has 0 aromatic heterocycles. The number of benzene rings is 1. The van der Waals surface area contributed by atoms with E-state index in [0.29, 0.717) is 24.0 Å². The number of ether oxygens (including phenoxy) is 4.